The van der Waals surface area contributed by atoms with Gasteiger partial charge in [-0.25, -0.2) is 22.7 Å². The molecule has 0 amide bonds. The maximum atomic E-state index is 11.6. The van der Waals surface area contributed by atoms with E-state index in [1.807, 2.05) is 43.3 Å². The molecular formula is C17H22N4O2S. The lowest BCUT2D eigenvalue weighted by atomic mass is 10.1. The third-order valence-electron chi connectivity index (χ3n) is 4.16. The van der Waals surface area contributed by atoms with E-state index in [4.69, 9.17) is 0 Å². The van der Waals surface area contributed by atoms with Crippen molar-refractivity contribution < 1.29 is 8.42 Å². The monoisotopic (exact) mass is 346 g/mol. The van der Waals surface area contributed by atoms with Crippen LogP contribution in [0.2, 0.25) is 0 Å². The van der Waals surface area contributed by atoms with Crippen molar-refractivity contribution in [2.75, 3.05) is 24.7 Å². The topological polar surface area (TPSA) is 75.2 Å². The Bertz CT molecular complexity index is 801. The van der Waals surface area contributed by atoms with Crippen LogP contribution in [0, 0.1) is 6.92 Å². The molecular weight excluding hydrogens is 324 g/mol. The summed E-state index contributed by atoms with van der Waals surface area (Å²) >= 11 is 0. The lowest BCUT2D eigenvalue weighted by Gasteiger charge is -2.31. The van der Waals surface area contributed by atoms with Crippen molar-refractivity contribution in [3.8, 4) is 11.4 Å². The number of aryl methyl sites for hydroxylation is 1. The number of piperidine rings is 1. The van der Waals surface area contributed by atoms with Crippen LogP contribution in [-0.4, -0.2) is 48.1 Å². The Kier molecular flexibility index (Phi) is 4.82. The zero-order chi connectivity index (χ0) is 17.2. The Labute approximate surface area is 143 Å². The fourth-order valence-electron chi connectivity index (χ4n) is 2.90. The van der Waals surface area contributed by atoms with Gasteiger partial charge in [-0.15, -0.1) is 0 Å². The summed E-state index contributed by atoms with van der Waals surface area (Å²) in [5, 5.41) is 3.43. The molecule has 0 bridgehead atoms. The van der Waals surface area contributed by atoms with Gasteiger partial charge in [-0.05, 0) is 19.8 Å². The maximum Gasteiger partial charge on any atom is 0.211 e. The fourth-order valence-corrected chi connectivity index (χ4v) is 3.77. The van der Waals surface area contributed by atoms with Crippen LogP contribution in [-0.2, 0) is 10.0 Å². The minimum absolute atomic E-state index is 0.223. The molecule has 0 aliphatic carbocycles. The van der Waals surface area contributed by atoms with Gasteiger partial charge in [-0.2, -0.15) is 0 Å². The second kappa shape index (κ2) is 6.86. The van der Waals surface area contributed by atoms with Gasteiger partial charge in [0, 0.05) is 36.5 Å². The molecule has 1 aliphatic heterocycles. The van der Waals surface area contributed by atoms with Crippen LogP contribution in [0.15, 0.2) is 36.4 Å². The highest BCUT2D eigenvalue weighted by atomic mass is 32.2. The van der Waals surface area contributed by atoms with Crippen molar-refractivity contribution in [3.63, 3.8) is 0 Å². The average molecular weight is 346 g/mol. The van der Waals surface area contributed by atoms with Gasteiger partial charge in [0.05, 0.1) is 6.26 Å². The van der Waals surface area contributed by atoms with E-state index in [9.17, 15) is 8.42 Å². The Morgan fingerprint density at radius 2 is 1.79 bits per heavy atom. The van der Waals surface area contributed by atoms with Crippen molar-refractivity contribution in [2.24, 2.45) is 0 Å². The Balaban J connectivity index is 1.71. The Morgan fingerprint density at radius 3 is 2.42 bits per heavy atom. The van der Waals surface area contributed by atoms with Crippen LogP contribution in [0.1, 0.15) is 18.5 Å². The predicted octanol–water partition coefficient (Wildman–Crippen LogP) is 2.29. The second-order valence-corrected chi connectivity index (χ2v) is 8.15. The van der Waals surface area contributed by atoms with Gasteiger partial charge in [0.25, 0.3) is 0 Å². The van der Waals surface area contributed by atoms with Gasteiger partial charge < -0.3 is 5.32 Å². The largest absolute Gasteiger partial charge is 0.367 e. The first kappa shape index (κ1) is 16.9. The van der Waals surface area contributed by atoms with E-state index in [2.05, 4.69) is 15.3 Å². The van der Waals surface area contributed by atoms with Crippen molar-refractivity contribution in [3.05, 3.63) is 42.1 Å². The quantitative estimate of drug-likeness (QED) is 0.919. The Morgan fingerprint density at radius 1 is 1.12 bits per heavy atom. The van der Waals surface area contributed by atoms with Gasteiger partial charge in [0.15, 0.2) is 5.82 Å². The smallest absolute Gasteiger partial charge is 0.211 e. The molecule has 2 aromatic rings. The minimum atomic E-state index is -3.09. The first-order valence-corrected chi connectivity index (χ1v) is 9.89. The van der Waals surface area contributed by atoms with Crippen molar-refractivity contribution in [1.29, 1.82) is 0 Å². The number of hydrogen-bond donors (Lipinski definition) is 1. The van der Waals surface area contributed by atoms with E-state index in [0.29, 0.717) is 18.9 Å². The van der Waals surface area contributed by atoms with E-state index < -0.39 is 10.0 Å². The number of nitrogens with zero attached hydrogens (tertiary/aromatic N) is 3. The summed E-state index contributed by atoms with van der Waals surface area (Å²) < 4.78 is 24.7. The number of sulfonamides is 1. The molecule has 6 nitrogen and oxygen atoms in total. The van der Waals surface area contributed by atoms with Crippen molar-refractivity contribution in [1.82, 2.24) is 14.3 Å². The minimum Gasteiger partial charge on any atom is -0.367 e. The average Bonchev–Trinajstić information content (AvgIpc) is 2.55. The molecule has 128 valence electrons. The molecule has 0 saturated carbocycles. The molecule has 1 fully saturated rings. The van der Waals surface area contributed by atoms with Crippen molar-refractivity contribution >= 4 is 15.8 Å². The summed E-state index contributed by atoms with van der Waals surface area (Å²) in [6.45, 7) is 3.05. The van der Waals surface area contributed by atoms with Crippen LogP contribution in [0.25, 0.3) is 11.4 Å². The standard InChI is InChI=1S/C17H22N4O2S/c1-13-12-16(20-17(18-13)14-6-4-3-5-7-14)19-15-8-10-21(11-9-15)24(2,22)23/h3-7,12,15H,8-11H2,1-2H3,(H,18,19,20). The van der Waals surface area contributed by atoms with E-state index in [0.717, 1.165) is 29.9 Å². The number of aromatic nitrogens is 2. The molecule has 1 aromatic heterocycles. The normalized spacial score (nSPS) is 16.9. The third-order valence-corrected chi connectivity index (χ3v) is 5.46. The SMILES string of the molecule is Cc1cc(NC2CCN(S(C)(=O)=O)CC2)nc(-c2ccccc2)n1. The Hall–Kier alpha value is -1.99. The fraction of sp³-hybridized carbons (Fsp3) is 0.412. The lowest BCUT2D eigenvalue weighted by Crippen LogP contribution is -2.41. The maximum absolute atomic E-state index is 11.6. The number of hydrogen-bond acceptors (Lipinski definition) is 5. The zero-order valence-electron chi connectivity index (χ0n) is 13.9. The van der Waals surface area contributed by atoms with Crippen LogP contribution in [0.5, 0.6) is 0 Å². The van der Waals surface area contributed by atoms with Crippen LogP contribution in [0.3, 0.4) is 0 Å². The number of nitrogens with one attached hydrogen (secondary N) is 1. The van der Waals surface area contributed by atoms with E-state index >= 15 is 0 Å². The highest BCUT2D eigenvalue weighted by molar-refractivity contribution is 7.88. The summed E-state index contributed by atoms with van der Waals surface area (Å²) in [5.41, 5.74) is 1.89. The molecule has 2 heterocycles. The highest BCUT2D eigenvalue weighted by Gasteiger charge is 2.25. The van der Waals surface area contributed by atoms with Gasteiger partial charge in [-0.3, -0.25) is 0 Å². The lowest BCUT2D eigenvalue weighted by molar-refractivity contribution is 0.331. The molecule has 0 atom stereocenters. The summed E-state index contributed by atoms with van der Waals surface area (Å²) in [7, 11) is -3.09. The van der Waals surface area contributed by atoms with Crippen LogP contribution >= 0.6 is 0 Å². The number of benzene rings is 1. The van der Waals surface area contributed by atoms with Gasteiger partial charge in [0.2, 0.25) is 10.0 Å². The molecule has 24 heavy (non-hydrogen) atoms. The van der Waals surface area contributed by atoms with Crippen LogP contribution in [0.4, 0.5) is 5.82 Å². The predicted molar refractivity (Wildman–Crippen MR) is 95.3 cm³/mol. The highest BCUT2D eigenvalue weighted by Crippen LogP contribution is 2.21. The molecule has 0 spiro atoms. The molecule has 1 saturated heterocycles. The summed E-state index contributed by atoms with van der Waals surface area (Å²) in [6.07, 6.45) is 2.81. The van der Waals surface area contributed by atoms with Crippen LogP contribution < -0.4 is 5.32 Å². The van der Waals surface area contributed by atoms with E-state index in [1.165, 1.54) is 10.6 Å². The van der Waals surface area contributed by atoms with E-state index in [-0.39, 0.29) is 6.04 Å². The molecule has 0 unspecified atom stereocenters. The van der Waals surface area contributed by atoms with Gasteiger partial charge in [-0.1, -0.05) is 30.3 Å². The van der Waals surface area contributed by atoms with Crippen molar-refractivity contribution in [2.45, 2.75) is 25.8 Å². The first-order valence-electron chi connectivity index (χ1n) is 8.04. The molecule has 0 radical (unpaired) electrons. The summed E-state index contributed by atoms with van der Waals surface area (Å²) in [5.74, 6) is 1.49. The van der Waals surface area contributed by atoms with E-state index in [1.54, 1.807) is 0 Å². The molecule has 7 heteroatoms. The number of rotatable bonds is 4. The zero-order valence-corrected chi connectivity index (χ0v) is 14.8. The first-order chi connectivity index (χ1) is 11.4. The molecule has 1 N–H and O–H groups in total. The third kappa shape index (κ3) is 4.10. The molecule has 1 aromatic carbocycles. The summed E-state index contributed by atoms with van der Waals surface area (Å²) in [6, 6.07) is 12.0. The molecule has 1 aliphatic rings. The van der Waals surface area contributed by atoms with Gasteiger partial charge >= 0.3 is 0 Å². The summed E-state index contributed by atoms with van der Waals surface area (Å²) in [4.78, 5) is 9.11. The number of anilines is 1. The van der Waals surface area contributed by atoms with Gasteiger partial charge in [0.1, 0.15) is 5.82 Å². The second-order valence-electron chi connectivity index (χ2n) is 6.16. The molecule has 3 rings (SSSR count).